The van der Waals surface area contributed by atoms with Crippen molar-refractivity contribution in [3.8, 4) is 5.75 Å². The third-order valence-electron chi connectivity index (χ3n) is 2.94. The third-order valence-corrected chi connectivity index (χ3v) is 4.12. The molecular weight excluding hydrogens is 334 g/mol. The molecule has 0 aliphatic heterocycles. The van der Waals surface area contributed by atoms with Gasteiger partial charge in [-0.1, -0.05) is 6.07 Å². The SMILES string of the molecule is CC(=O)N[C@@H](Cc1ccc(O)cc1S(C)(=O)=O)C(=O)OC(C)(C)C. The number of amides is 1. The molecular formula is C16H23NO6S. The van der Waals surface area contributed by atoms with Gasteiger partial charge < -0.3 is 15.2 Å². The first-order chi connectivity index (χ1) is 10.8. The van der Waals surface area contributed by atoms with Crippen LogP contribution in [0, 0.1) is 0 Å². The first kappa shape index (κ1) is 20.0. The van der Waals surface area contributed by atoms with Crippen molar-refractivity contribution in [1.29, 1.82) is 0 Å². The molecule has 0 aliphatic rings. The molecule has 0 heterocycles. The van der Waals surface area contributed by atoms with E-state index in [0.29, 0.717) is 5.56 Å². The molecule has 0 fully saturated rings. The number of carbonyl (C=O) groups is 2. The predicted octanol–water partition coefficient (Wildman–Crippen LogP) is 1.18. The van der Waals surface area contributed by atoms with E-state index in [0.717, 1.165) is 12.3 Å². The van der Waals surface area contributed by atoms with Crippen molar-refractivity contribution in [2.45, 2.75) is 50.7 Å². The predicted molar refractivity (Wildman–Crippen MR) is 88.4 cm³/mol. The topological polar surface area (TPSA) is 110 Å². The lowest BCUT2D eigenvalue weighted by molar-refractivity contribution is -0.158. The second kappa shape index (κ2) is 7.21. The van der Waals surface area contributed by atoms with E-state index in [4.69, 9.17) is 4.74 Å². The minimum atomic E-state index is -3.62. The van der Waals surface area contributed by atoms with E-state index in [1.165, 1.54) is 19.1 Å². The zero-order chi connectivity index (χ0) is 18.7. The molecule has 0 unspecified atom stereocenters. The molecule has 0 aliphatic carbocycles. The monoisotopic (exact) mass is 357 g/mol. The number of rotatable bonds is 5. The van der Waals surface area contributed by atoms with Crippen LogP contribution in [0.25, 0.3) is 0 Å². The van der Waals surface area contributed by atoms with Crippen LogP contribution in [0.2, 0.25) is 0 Å². The van der Waals surface area contributed by atoms with Crippen LogP contribution in [0.3, 0.4) is 0 Å². The highest BCUT2D eigenvalue weighted by Crippen LogP contribution is 2.23. The van der Waals surface area contributed by atoms with Gasteiger partial charge in [-0.25, -0.2) is 13.2 Å². The summed E-state index contributed by atoms with van der Waals surface area (Å²) in [5, 5.41) is 12.0. The van der Waals surface area contributed by atoms with Crippen molar-refractivity contribution >= 4 is 21.7 Å². The Morgan fingerprint density at radius 2 is 1.88 bits per heavy atom. The minimum Gasteiger partial charge on any atom is -0.508 e. The van der Waals surface area contributed by atoms with Gasteiger partial charge in [0.25, 0.3) is 0 Å². The summed E-state index contributed by atoms with van der Waals surface area (Å²) in [4.78, 5) is 23.6. The van der Waals surface area contributed by atoms with Crippen LogP contribution in [0.1, 0.15) is 33.3 Å². The maximum absolute atomic E-state index is 12.3. The van der Waals surface area contributed by atoms with Crippen molar-refractivity contribution in [2.24, 2.45) is 0 Å². The number of ether oxygens (including phenoxy) is 1. The van der Waals surface area contributed by atoms with Crippen molar-refractivity contribution in [2.75, 3.05) is 6.26 Å². The average Bonchev–Trinajstić information content (AvgIpc) is 2.36. The van der Waals surface area contributed by atoms with E-state index in [2.05, 4.69) is 5.32 Å². The summed E-state index contributed by atoms with van der Waals surface area (Å²) < 4.78 is 29.1. The summed E-state index contributed by atoms with van der Waals surface area (Å²) in [5.41, 5.74) is -0.442. The second-order valence-corrected chi connectivity index (χ2v) is 8.54. The molecule has 0 radical (unpaired) electrons. The number of benzene rings is 1. The van der Waals surface area contributed by atoms with E-state index >= 15 is 0 Å². The van der Waals surface area contributed by atoms with Gasteiger partial charge >= 0.3 is 5.97 Å². The Kier molecular flexibility index (Phi) is 5.99. The Hall–Kier alpha value is -2.09. The lowest BCUT2D eigenvalue weighted by Gasteiger charge is -2.24. The second-order valence-electron chi connectivity index (χ2n) is 6.55. The Labute approximate surface area is 141 Å². The van der Waals surface area contributed by atoms with Gasteiger partial charge in [-0.15, -0.1) is 0 Å². The maximum Gasteiger partial charge on any atom is 0.329 e. The first-order valence-corrected chi connectivity index (χ1v) is 9.20. The van der Waals surface area contributed by atoms with Crippen LogP contribution in [-0.2, 0) is 30.6 Å². The summed E-state index contributed by atoms with van der Waals surface area (Å²) in [5.74, 6) is -1.30. The van der Waals surface area contributed by atoms with E-state index < -0.39 is 33.4 Å². The molecule has 24 heavy (non-hydrogen) atoms. The fourth-order valence-electron chi connectivity index (χ4n) is 2.09. The molecule has 1 aromatic rings. The number of phenols is 1. The van der Waals surface area contributed by atoms with Gasteiger partial charge in [-0.3, -0.25) is 4.79 Å². The average molecular weight is 357 g/mol. The van der Waals surface area contributed by atoms with Gasteiger partial charge in [0.2, 0.25) is 5.91 Å². The molecule has 0 aromatic heterocycles. The van der Waals surface area contributed by atoms with Gasteiger partial charge in [0.05, 0.1) is 4.90 Å². The van der Waals surface area contributed by atoms with Crippen molar-refractivity contribution < 1.29 is 27.9 Å². The van der Waals surface area contributed by atoms with Crippen LogP contribution in [0.4, 0.5) is 0 Å². The molecule has 134 valence electrons. The Morgan fingerprint density at radius 1 is 1.29 bits per heavy atom. The first-order valence-electron chi connectivity index (χ1n) is 7.31. The highest BCUT2D eigenvalue weighted by Gasteiger charge is 2.28. The normalized spacial score (nSPS) is 13.2. The summed E-state index contributed by atoms with van der Waals surface area (Å²) in [6.07, 6.45) is 0.934. The van der Waals surface area contributed by atoms with Crippen LogP contribution in [0.5, 0.6) is 5.75 Å². The van der Waals surface area contributed by atoms with E-state index in [9.17, 15) is 23.1 Å². The van der Waals surface area contributed by atoms with Gasteiger partial charge in [0.1, 0.15) is 17.4 Å². The number of hydrogen-bond acceptors (Lipinski definition) is 6. The number of hydrogen-bond donors (Lipinski definition) is 2. The van der Waals surface area contributed by atoms with Gasteiger partial charge in [0.15, 0.2) is 9.84 Å². The molecule has 1 amide bonds. The largest absolute Gasteiger partial charge is 0.508 e. The standard InChI is InChI=1S/C16H23NO6S/c1-10(18)17-13(15(20)23-16(2,3)4)8-11-6-7-12(19)9-14(11)24(5,21)22/h6-7,9,13,19H,8H2,1-5H3,(H,17,18)/t13-/m0/s1. The number of esters is 1. The molecule has 8 heteroatoms. The minimum absolute atomic E-state index is 0.0722. The maximum atomic E-state index is 12.3. The van der Waals surface area contributed by atoms with Gasteiger partial charge in [0, 0.05) is 19.6 Å². The van der Waals surface area contributed by atoms with Crippen molar-refractivity contribution in [3.63, 3.8) is 0 Å². The number of carbonyl (C=O) groups excluding carboxylic acids is 2. The Balaban J connectivity index is 3.20. The van der Waals surface area contributed by atoms with Crippen LogP contribution in [0.15, 0.2) is 23.1 Å². The highest BCUT2D eigenvalue weighted by molar-refractivity contribution is 7.90. The fraction of sp³-hybridized carbons (Fsp3) is 0.500. The van der Waals surface area contributed by atoms with Crippen molar-refractivity contribution in [3.05, 3.63) is 23.8 Å². The summed E-state index contributed by atoms with van der Waals surface area (Å²) in [7, 11) is -3.62. The molecule has 7 nitrogen and oxygen atoms in total. The highest BCUT2D eigenvalue weighted by atomic mass is 32.2. The molecule has 0 saturated carbocycles. The number of phenolic OH excluding ortho intramolecular Hbond substituents is 1. The number of aromatic hydroxyl groups is 1. The van der Waals surface area contributed by atoms with E-state index in [-0.39, 0.29) is 17.1 Å². The lowest BCUT2D eigenvalue weighted by Crippen LogP contribution is -2.44. The molecule has 1 aromatic carbocycles. The van der Waals surface area contributed by atoms with Gasteiger partial charge in [-0.2, -0.15) is 0 Å². The molecule has 1 atom stereocenters. The van der Waals surface area contributed by atoms with E-state index in [1.807, 2.05) is 0 Å². The molecule has 2 N–H and O–H groups in total. The fourth-order valence-corrected chi connectivity index (χ4v) is 3.05. The Bertz CT molecular complexity index is 733. The molecule has 1 rings (SSSR count). The van der Waals surface area contributed by atoms with Crippen LogP contribution in [-0.4, -0.2) is 43.3 Å². The summed E-state index contributed by atoms with van der Waals surface area (Å²) in [6, 6.07) is 2.81. The third kappa shape index (κ3) is 6.19. The number of sulfone groups is 1. The number of nitrogens with one attached hydrogen (secondary N) is 1. The lowest BCUT2D eigenvalue weighted by atomic mass is 10.0. The summed E-state index contributed by atoms with van der Waals surface area (Å²) in [6.45, 7) is 6.33. The summed E-state index contributed by atoms with van der Waals surface area (Å²) >= 11 is 0. The van der Waals surface area contributed by atoms with E-state index in [1.54, 1.807) is 20.8 Å². The molecule has 0 spiro atoms. The zero-order valence-electron chi connectivity index (χ0n) is 14.4. The molecule has 0 bridgehead atoms. The van der Waals surface area contributed by atoms with Crippen LogP contribution >= 0.6 is 0 Å². The van der Waals surface area contributed by atoms with Crippen LogP contribution < -0.4 is 5.32 Å². The quantitative estimate of drug-likeness (QED) is 0.766. The van der Waals surface area contributed by atoms with Crippen molar-refractivity contribution in [1.82, 2.24) is 5.32 Å². The zero-order valence-corrected chi connectivity index (χ0v) is 15.2. The Morgan fingerprint density at radius 3 is 2.33 bits per heavy atom. The molecule has 0 saturated heterocycles. The smallest absolute Gasteiger partial charge is 0.329 e. The van der Waals surface area contributed by atoms with Gasteiger partial charge in [-0.05, 0) is 38.5 Å².